The molecule has 2 heterocycles. The van der Waals surface area contributed by atoms with Crippen molar-refractivity contribution >= 4 is 17.6 Å². The summed E-state index contributed by atoms with van der Waals surface area (Å²) in [7, 11) is 1.81. The van der Waals surface area contributed by atoms with Gasteiger partial charge in [0.1, 0.15) is 6.61 Å². The van der Waals surface area contributed by atoms with E-state index in [1.807, 2.05) is 11.9 Å². The van der Waals surface area contributed by atoms with Crippen molar-refractivity contribution in [1.29, 1.82) is 0 Å². The molecule has 2 aliphatic heterocycles. The second-order valence-electron chi connectivity index (χ2n) is 10.3. The number of nitrogens with zero attached hydrogens (tertiary/aromatic N) is 2. The third-order valence-corrected chi connectivity index (χ3v) is 8.45. The van der Waals surface area contributed by atoms with Crippen molar-refractivity contribution in [2.24, 2.45) is 10.5 Å². The number of carbonyl (C=O) groups is 2. The number of likely N-dealkylation sites (tertiary alicyclic amines) is 1. The average molecular weight is 496 g/mol. The van der Waals surface area contributed by atoms with Gasteiger partial charge in [-0.15, -0.1) is 0 Å². The molecule has 3 N–H and O–H groups in total. The second kappa shape index (κ2) is 11.1. The lowest BCUT2D eigenvalue weighted by atomic mass is 9.71. The Morgan fingerprint density at radius 1 is 1.17 bits per heavy atom. The van der Waals surface area contributed by atoms with Crippen LogP contribution in [0.3, 0.4) is 0 Å². The highest BCUT2D eigenvalue weighted by Crippen LogP contribution is 2.46. The highest BCUT2D eigenvalue weighted by atomic mass is 16.5. The molecule has 3 aliphatic rings. The zero-order valence-corrected chi connectivity index (χ0v) is 22.4. The maximum atomic E-state index is 13.4. The number of hydrogen-bond acceptors (Lipinski definition) is 7. The van der Waals surface area contributed by atoms with E-state index in [4.69, 9.17) is 4.74 Å². The number of ether oxygens (including phenoxy) is 1. The van der Waals surface area contributed by atoms with Crippen LogP contribution in [-0.2, 0) is 27.3 Å². The van der Waals surface area contributed by atoms with Crippen molar-refractivity contribution in [2.75, 3.05) is 20.2 Å². The van der Waals surface area contributed by atoms with Crippen molar-refractivity contribution in [1.82, 2.24) is 21.2 Å². The Morgan fingerprint density at radius 3 is 2.53 bits per heavy atom. The van der Waals surface area contributed by atoms with Crippen LogP contribution in [0.4, 0.5) is 0 Å². The molecule has 4 rings (SSSR count). The topological polar surface area (TPSA) is 95.1 Å². The third kappa shape index (κ3) is 4.93. The van der Waals surface area contributed by atoms with Gasteiger partial charge in [-0.3, -0.25) is 4.79 Å². The number of nitrogens with one attached hydrogen (secondary N) is 3. The molecule has 8 nitrogen and oxygen atoms in total. The van der Waals surface area contributed by atoms with Gasteiger partial charge in [-0.05, 0) is 75.5 Å². The van der Waals surface area contributed by atoms with E-state index in [9.17, 15) is 9.59 Å². The fraction of sp³-hybridized carbons (Fsp3) is 0.607. The first-order valence-corrected chi connectivity index (χ1v) is 13.4. The van der Waals surface area contributed by atoms with E-state index >= 15 is 0 Å². The zero-order chi connectivity index (χ0) is 25.9. The van der Waals surface area contributed by atoms with E-state index in [2.05, 4.69) is 54.3 Å². The predicted molar refractivity (Wildman–Crippen MR) is 141 cm³/mol. The van der Waals surface area contributed by atoms with E-state index in [1.54, 1.807) is 6.92 Å². The highest BCUT2D eigenvalue weighted by molar-refractivity contribution is 6.02. The van der Waals surface area contributed by atoms with Gasteiger partial charge in [0.2, 0.25) is 5.91 Å². The summed E-state index contributed by atoms with van der Waals surface area (Å²) >= 11 is 0. The molecule has 1 aromatic rings. The van der Waals surface area contributed by atoms with Gasteiger partial charge in [0.25, 0.3) is 0 Å². The Kier molecular flexibility index (Phi) is 8.15. The predicted octanol–water partition coefficient (Wildman–Crippen LogP) is 3.48. The van der Waals surface area contributed by atoms with E-state index in [-0.39, 0.29) is 23.9 Å². The van der Waals surface area contributed by atoms with Crippen molar-refractivity contribution in [3.63, 3.8) is 0 Å². The SMILES string of the molecule is CC/C(=N\NNC)c1ccc(CNC2CCC3(CC2)CCN(C2=C(C)C(=O)OC2)C3=O)c(C)c1CC. The molecule has 0 unspecified atom stereocenters. The van der Waals surface area contributed by atoms with E-state index in [0.717, 1.165) is 62.9 Å². The van der Waals surface area contributed by atoms with E-state index in [0.29, 0.717) is 18.2 Å². The van der Waals surface area contributed by atoms with Crippen LogP contribution in [-0.4, -0.2) is 48.7 Å². The van der Waals surface area contributed by atoms with Crippen LogP contribution >= 0.6 is 0 Å². The molecule has 0 atom stereocenters. The molecule has 1 spiro atoms. The number of rotatable bonds is 9. The van der Waals surface area contributed by atoms with Crippen LogP contribution < -0.4 is 16.3 Å². The average Bonchev–Trinajstić information content (AvgIpc) is 3.38. The van der Waals surface area contributed by atoms with E-state index < -0.39 is 0 Å². The molecule has 1 aromatic carbocycles. The van der Waals surface area contributed by atoms with Crippen molar-refractivity contribution in [3.05, 3.63) is 45.7 Å². The summed E-state index contributed by atoms with van der Waals surface area (Å²) in [6.07, 6.45) is 6.47. The minimum atomic E-state index is -0.297. The lowest BCUT2D eigenvalue weighted by Gasteiger charge is -2.36. The quantitative estimate of drug-likeness (QED) is 0.276. The summed E-state index contributed by atoms with van der Waals surface area (Å²) in [5.74, 6) is -0.108. The van der Waals surface area contributed by atoms with Crippen LogP contribution in [0.25, 0.3) is 0 Å². The number of hydrogen-bond donors (Lipinski definition) is 3. The lowest BCUT2D eigenvalue weighted by Crippen LogP contribution is -2.42. The molecule has 2 fully saturated rings. The van der Waals surface area contributed by atoms with Crippen LogP contribution in [0.1, 0.15) is 81.5 Å². The summed E-state index contributed by atoms with van der Waals surface area (Å²) in [6, 6.07) is 4.84. The Balaban J connectivity index is 1.37. The summed E-state index contributed by atoms with van der Waals surface area (Å²) in [5, 5.41) is 8.27. The standard InChI is InChI=1S/C28H41N5O3/c1-6-22-18(3)20(8-9-23(22)24(7-2)31-32-29-5)16-30-21-10-12-28(13-11-21)14-15-33(27(28)35)25-17-36-26(34)19(25)4/h8-9,21,29-30,32H,6-7,10-17H2,1-5H3/b31-24+. The number of esters is 1. The molecule has 0 bridgehead atoms. The number of amides is 1. The van der Waals surface area contributed by atoms with Gasteiger partial charge in [-0.1, -0.05) is 26.0 Å². The third-order valence-electron chi connectivity index (χ3n) is 8.45. The second-order valence-corrected chi connectivity index (χ2v) is 10.3. The number of hydrazone groups is 1. The van der Waals surface area contributed by atoms with Gasteiger partial charge in [-0.25, -0.2) is 15.8 Å². The van der Waals surface area contributed by atoms with E-state index in [1.165, 1.54) is 22.3 Å². The van der Waals surface area contributed by atoms with Gasteiger partial charge in [0.15, 0.2) is 0 Å². The maximum absolute atomic E-state index is 13.4. The molecule has 1 saturated heterocycles. The Bertz CT molecular complexity index is 1070. The van der Waals surface area contributed by atoms with Crippen LogP contribution in [0, 0.1) is 12.3 Å². The van der Waals surface area contributed by atoms with Gasteiger partial charge >= 0.3 is 5.97 Å². The fourth-order valence-electron chi connectivity index (χ4n) is 6.10. The Labute approximate surface area is 214 Å². The van der Waals surface area contributed by atoms with Crippen molar-refractivity contribution < 1.29 is 14.3 Å². The Hall–Kier alpha value is -2.71. The molecule has 0 aromatic heterocycles. The normalized spacial score (nSPS) is 24.8. The van der Waals surface area contributed by atoms with Crippen molar-refractivity contribution in [3.8, 4) is 0 Å². The highest BCUT2D eigenvalue weighted by Gasteiger charge is 2.50. The summed E-state index contributed by atoms with van der Waals surface area (Å²) in [5.41, 5.74) is 13.1. The first-order valence-electron chi connectivity index (χ1n) is 13.4. The number of hydrazine groups is 1. The van der Waals surface area contributed by atoms with Crippen molar-refractivity contribution in [2.45, 2.75) is 85.2 Å². The van der Waals surface area contributed by atoms with Gasteiger partial charge < -0.3 is 15.0 Å². The maximum Gasteiger partial charge on any atom is 0.336 e. The molecule has 1 aliphatic carbocycles. The zero-order valence-electron chi connectivity index (χ0n) is 22.4. The fourth-order valence-corrected chi connectivity index (χ4v) is 6.10. The summed E-state index contributed by atoms with van der Waals surface area (Å²) < 4.78 is 5.15. The van der Waals surface area contributed by atoms with Crippen LogP contribution in [0.5, 0.6) is 0 Å². The molecule has 1 amide bonds. The number of benzene rings is 1. The van der Waals surface area contributed by atoms with Gasteiger partial charge in [0, 0.05) is 31.7 Å². The molecule has 1 saturated carbocycles. The molecule has 8 heteroatoms. The minimum absolute atomic E-state index is 0.189. The minimum Gasteiger partial charge on any atom is -0.456 e. The Morgan fingerprint density at radius 2 is 1.92 bits per heavy atom. The lowest BCUT2D eigenvalue weighted by molar-refractivity contribution is -0.138. The monoisotopic (exact) mass is 495 g/mol. The largest absolute Gasteiger partial charge is 0.456 e. The molecule has 36 heavy (non-hydrogen) atoms. The molecule has 0 radical (unpaired) electrons. The first-order chi connectivity index (χ1) is 17.3. The summed E-state index contributed by atoms with van der Waals surface area (Å²) in [6.45, 7) is 10.1. The molecule has 196 valence electrons. The number of cyclic esters (lactones) is 1. The molecular weight excluding hydrogens is 454 g/mol. The van der Waals surface area contributed by atoms with Crippen LogP contribution in [0.2, 0.25) is 0 Å². The molecular formula is C28H41N5O3. The van der Waals surface area contributed by atoms with Gasteiger partial charge in [-0.2, -0.15) is 5.10 Å². The number of carbonyl (C=O) groups excluding carboxylic acids is 2. The van der Waals surface area contributed by atoms with Crippen LogP contribution in [0.15, 0.2) is 28.5 Å². The first kappa shape index (κ1) is 26.4. The smallest absolute Gasteiger partial charge is 0.336 e. The summed E-state index contributed by atoms with van der Waals surface area (Å²) in [4.78, 5) is 27.0. The van der Waals surface area contributed by atoms with Gasteiger partial charge in [0.05, 0.1) is 22.4 Å².